The highest BCUT2D eigenvalue weighted by Gasteiger charge is 2.48. The van der Waals surface area contributed by atoms with Crippen molar-refractivity contribution >= 4 is 48.2 Å². The number of alkyl halides is 3. The largest absolute Gasteiger partial charge is 0.501 e. The second-order valence-electron chi connectivity index (χ2n) is 10.5. The molecular formula is C25H34BF3N2O8SSi. The Kier molecular flexibility index (Phi) is 11.4. The summed E-state index contributed by atoms with van der Waals surface area (Å²) in [5, 5.41) is 21.3. The number of sulfone groups is 1. The summed E-state index contributed by atoms with van der Waals surface area (Å²) in [5.74, 6) is -0.149. The standard InChI is InChI=1S/C25H34BF3N2O8SSi/c1-31(24(33)39-12-13-41(3,4)5)16-18-15-20(8-10-22(18)40(36,37)25(27,28)29)30-23(32)11-6-17-14-19(26(34)35)7-9-21(17)38-2/h7-10,14-15,34-35H,6,11-13,16H2,1-5H3,(H,30,32). The third-order valence-electron chi connectivity index (χ3n) is 5.96. The number of rotatable bonds is 12. The molecule has 10 nitrogen and oxygen atoms in total. The van der Waals surface area contributed by atoms with Crippen LogP contribution in [0.3, 0.4) is 0 Å². The van der Waals surface area contributed by atoms with E-state index in [0.717, 1.165) is 23.1 Å². The second-order valence-corrected chi connectivity index (χ2v) is 18.1. The van der Waals surface area contributed by atoms with Gasteiger partial charge in [0, 0.05) is 27.2 Å². The number of methoxy groups -OCH3 is 1. The van der Waals surface area contributed by atoms with Crippen LogP contribution in [0, 0.1) is 0 Å². The summed E-state index contributed by atoms with van der Waals surface area (Å²) in [6, 6.07) is 7.91. The van der Waals surface area contributed by atoms with E-state index in [1.54, 1.807) is 0 Å². The summed E-state index contributed by atoms with van der Waals surface area (Å²) < 4.78 is 75.1. The number of hydrogen-bond acceptors (Lipinski definition) is 8. The summed E-state index contributed by atoms with van der Waals surface area (Å²) >= 11 is 0. The van der Waals surface area contributed by atoms with Crippen LogP contribution >= 0.6 is 0 Å². The molecular weight excluding hydrogens is 584 g/mol. The molecule has 2 aromatic rings. The number of amides is 2. The number of carbonyl (C=O) groups is 2. The number of carbonyl (C=O) groups excluding carboxylic acids is 2. The van der Waals surface area contributed by atoms with Crippen molar-refractivity contribution in [2.24, 2.45) is 0 Å². The Morgan fingerprint density at radius 2 is 1.73 bits per heavy atom. The van der Waals surface area contributed by atoms with Crippen molar-refractivity contribution in [1.82, 2.24) is 4.90 Å². The molecule has 2 rings (SSSR count). The number of halogens is 3. The summed E-state index contributed by atoms with van der Waals surface area (Å²) in [6.45, 7) is 5.81. The van der Waals surface area contributed by atoms with Gasteiger partial charge < -0.3 is 29.7 Å². The molecule has 2 aromatic carbocycles. The van der Waals surface area contributed by atoms with Crippen molar-refractivity contribution in [3.8, 4) is 5.75 Å². The molecule has 0 heterocycles. The van der Waals surface area contributed by atoms with Crippen molar-refractivity contribution in [2.45, 2.75) is 55.5 Å². The van der Waals surface area contributed by atoms with Gasteiger partial charge in [-0.05, 0) is 53.3 Å². The molecule has 0 saturated heterocycles. The maximum atomic E-state index is 13.4. The molecule has 0 unspecified atom stereocenters. The smallest absolute Gasteiger partial charge is 0.496 e. The van der Waals surface area contributed by atoms with Crippen LogP contribution in [0.2, 0.25) is 25.7 Å². The fourth-order valence-corrected chi connectivity index (χ4v) is 5.35. The Labute approximate surface area is 238 Å². The van der Waals surface area contributed by atoms with Crippen molar-refractivity contribution in [1.29, 1.82) is 0 Å². The van der Waals surface area contributed by atoms with Gasteiger partial charge in [0.05, 0.1) is 25.2 Å². The first-order valence-corrected chi connectivity index (χ1v) is 17.7. The van der Waals surface area contributed by atoms with E-state index < -0.39 is 54.0 Å². The molecule has 226 valence electrons. The Hall–Kier alpha value is -3.08. The van der Waals surface area contributed by atoms with Crippen molar-refractivity contribution in [3.63, 3.8) is 0 Å². The fourth-order valence-electron chi connectivity index (χ4n) is 3.67. The summed E-state index contributed by atoms with van der Waals surface area (Å²) in [7, 11) is -6.35. The van der Waals surface area contributed by atoms with E-state index in [1.165, 1.54) is 32.4 Å². The molecule has 0 saturated carbocycles. The molecule has 0 spiro atoms. The monoisotopic (exact) mass is 618 g/mol. The van der Waals surface area contributed by atoms with Crippen LogP contribution in [0.25, 0.3) is 0 Å². The lowest BCUT2D eigenvalue weighted by atomic mass is 9.79. The van der Waals surface area contributed by atoms with Crippen LogP contribution in [-0.2, 0) is 32.3 Å². The highest BCUT2D eigenvalue weighted by atomic mass is 32.2. The van der Waals surface area contributed by atoms with Crippen LogP contribution in [0.1, 0.15) is 17.5 Å². The Balaban J connectivity index is 2.26. The van der Waals surface area contributed by atoms with Gasteiger partial charge in [0.2, 0.25) is 5.91 Å². The van der Waals surface area contributed by atoms with Gasteiger partial charge in [0.15, 0.2) is 0 Å². The van der Waals surface area contributed by atoms with E-state index in [4.69, 9.17) is 9.47 Å². The molecule has 2 amide bonds. The van der Waals surface area contributed by atoms with Crippen LogP contribution < -0.4 is 15.5 Å². The Morgan fingerprint density at radius 1 is 1.07 bits per heavy atom. The number of ether oxygens (including phenoxy) is 2. The first-order valence-electron chi connectivity index (χ1n) is 12.5. The second kappa shape index (κ2) is 13.7. The lowest BCUT2D eigenvalue weighted by molar-refractivity contribution is -0.116. The van der Waals surface area contributed by atoms with E-state index >= 15 is 0 Å². The number of nitrogens with zero attached hydrogens (tertiary/aromatic N) is 1. The highest BCUT2D eigenvalue weighted by Crippen LogP contribution is 2.34. The molecule has 0 atom stereocenters. The van der Waals surface area contributed by atoms with Gasteiger partial charge >= 0.3 is 18.7 Å². The van der Waals surface area contributed by atoms with Crippen LogP contribution in [0.5, 0.6) is 5.75 Å². The SMILES string of the molecule is COc1ccc(B(O)O)cc1CCC(=O)Nc1ccc(S(=O)(=O)C(F)(F)F)c(CN(C)C(=O)OCC[Si](C)(C)C)c1. The number of hydrogen-bond donors (Lipinski definition) is 3. The van der Waals surface area contributed by atoms with Gasteiger partial charge in [0.25, 0.3) is 9.84 Å². The van der Waals surface area contributed by atoms with Crippen LogP contribution in [0.15, 0.2) is 41.3 Å². The molecule has 3 N–H and O–H groups in total. The number of aryl methyl sites for hydroxylation is 1. The van der Waals surface area contributed by atoms with E-state index in [-0.39, 0.29) is 36.2 Å². The zero-order chi connectivity index (χ0) is 31.2. The third kappa shape index (κ3) is 9.76. The average molecular weight is 619 g/mol. The Morgan fingerprint density at radius 3 is 2.29 bits per heavy atom. The lowest BCUT2D eigenvalue weighted by Gasteiger charge is -2.21. The van der Waals surface area contributed by atoms with Gasteiger partial charge in [0.1, 0.15) is 5.75 Å². The highest BCUT2D eigenvalue weighted by molar-refractivity contribution is 7.92. The summed E-state index contributed by atoms with van der Waals surface area (Å²) in [4.78, 5) is 25.0. The molecule has 16 heteroatoms. The zero-order valence-electron chi connectivity index (χ0n) is 23.4. The number of benzene rings is 2. The molecule has 41 heavy (non-hydrogen) atoms. The van der Waals surface area contributed by atoms with Crippen molar-refractivity contribution in [2.75, 3.05) is 26.1 Å². The lowest BCUT2D eigenvalue weighted by Crippen LogP contribution is -2.31. The minimum Gasteiger partial charge on any atom is -0.496 e. The van der Waals surface area contributed by atoms with Gasteiger partial charge in [-0.3, -0.25) is 4.79 Å². The molecule has 0 aliphatic carbocycles. The van der Waals surface area contributed by atoms with E-state index in [1.807, 2.05) is 0 Å². The summed E-state index contributed by atoms with van der Waals surface area (Å²) in [5.41, 5.74) is -5.24. The fraction of sp³-hybridized carbons (Fsp3) is 0.440. The maximum Gasteiger partial charge on any atom is 0.501 e. The van der Waals surface area contributed by atoms with E-state index in [9.17, 15) is 41.2 Å². The van der Waals surface area contributed by atoms with Crippen molar-refractivity contribution in [3.05, 3.63) is 47.5 Å². The van der Waals surface area contributed by atoms with Crippen molar-refractivity contribution < 1.29 is 50.7 Å². The first-order chi connectivity index (χ1) is 18.9. The van der Waals surface area contributed by atoms with E-state index in [2.05, 4.69) is 25.0 Å². The predicted octanol–water partition coefficient (Wildman–Crippen LogP) is 3.15. The molecule has 0 bridgehead atoms. The maximum absolute atomic E-state index is 13.4. The third-order valence-corrected chi connectivity index (χ3v) is 9.25. The van der Waals surface area contributed by atoms with Gasteiger partial charge in [-0.25, -0.2) is 13.2 Å². The van der Waals surface area contributed by atoms with Gasteiger partial charge in [-0.15, -0.1) is 0 Å². The molecule has 0 radical (unpaired) electrons. The predicted molar refractivity (Wildman–Crippen MR) is 150 cm³/mol. The molecule has 0 fully saturated rings. The average Bonchev–Trinajstić information content (AvgIpc) is 2.85. The number of anilines is 1. The van der Waals surface area contributed by atoms with Gasteiger partial charge in [-0.1, -0.05) is 31.8 Å². The van der Waals surface area contributed by atoms with Gasteiger partial charge in [-0.2, -0.15) is 13.2 Å². The Bertz CT molecular complexity index is 1350. The quantitative estimate of drug-likeness (QED) is 0.308. The van der Waals surface area contributed by atoms with E-state index in [0.29, 0.717) is 17.4 Å². The zero-order valence-corrected chi connectivity index (χ0v) is 25.2. The molecule has 0 aromatic heterocycles. The minimum atomic E-state index is -5.77. The van der Waals surface area contributed by atoms with Crippen LogP contribution in [0.4, 0.5) is 23.7 Å². The molecule has 0 aliphatic heterocycles. The molecule has 0 aliphatic rings. The topological polar surface area (TPSA) is 142 Å². The van der Waals surface area contributed by atoms with Crippen LogP contribution in [-0.4, -0.2) is 76.8 Å². The minimum absolute atomic E-state index is 0.0121. The normalized spacial score (nSPS) is 12.0. The first kappa shape index (κ1) is 34.1. The summed E-state index contributed by atoms with van der Waals surface area (Å²) in [6.07, 6.45) is -0.838. The number of nitrogens with one attached hydrogen (secondary N) is 1.